The maximum absolute atomic E-state index is 5.63. The molecule has 96 valence electrons. The number of rotatable bonds is 8. The van der Waals surface area contributed by atoms with Crippen molar-refractivity contribution in [3.05, 3.63) is 35.8 Å². The third kappa shape index (κ3) is 6.29. The Kier molecular flexibility index (Phi) is 6.01. The number of ether oxygens (including phenoxy) is 1. The molecule has 0 saturated carbocycles. The second-order valence-electron chi connectivity index (χ2n) is 4.66. The Morgan fingerprint density at radius 2 is 2.12 bits per heavy atom. The quantitative estimate of drug-likeness (QED) is 0.556. The zero-order chi connectivity index (χ0) is 12.7. The Morgan fingerprint density at radius 3 is 2.76 bits per heavy atom. The number of nitrogens with one attached hydrogen (secondary N) is 1. The van der Waals surface area contributed by atoms with Gasteiger partial charge in [0.15, 0.2) is 0 Å². The van der Waals surface area contributed by atoms with Gasteiger partial charge in [0, 0.05) is 6.04 Å². The van der Waals surface area contributed by atoms with E-state index in [0.29, 0.717) is 19.3 Å². The summed E-state index contributed by atoms with van der Waals surface area (Å²) in [6.07, 6.45) is 0.905. The lowest BCUT2D eigenvalue weighted by molar-refractivity contribution is 0.108. The first kappa shape index (κ1) is 14.0. The fourth-order valence-corrected chi connectivity index (χ4v) is 1.32. The fourth-order valence-electron chi connectivity index (χ4n) is 1.32. The van der Waals surface area contributed by atoms with Gasteiger partial charge in [0.2, 0.25) is 0 Å². The fraction of sp³-hybridized carbons (Fsp3) is 0.571. The van der Waals surface area contributed by atoms with Crippen LogP contribution >= 0.6 is 0 Å². The molecule has 1 rings (SSSR count). The van der Waals surface area contributed by atoms with Crippen molar-refractivity contribution in [2.24, 2.45) is 0 Å². The minimum Gasteiger partial charge on any atom is -0.462 e. The minimum atomic E-state index is 0.468. The summed E-state index contributed by atoms with van der Waals surface area (Å²) in [6, 6.07) is 4.43. The highest BCUT2D eigenvalue weighted by atomic mass is 16.5. The molecule has 0 atom stereocenters. The SMILES string of the molecule is C=C(C)CCOCc1ccc(CNC(C)C)o1. The standard InChI is InChI=1S/C14H23NO2/c1-11(2)7-8-16-10-14-6-5-13(17-14)9-15-12(3)4/h5-6,12,15H,1,7-10H2,2-4H3. The van der Waals surface area contributed by atoms with Gasteiger partial charge in [0.1, 0.15) is 18.1 Å². The first-order chi connectivity index (χ1) is 8.08. The zero-order valence-corrected chi connectivity index (χ0v) is 11.1. The molecule has 1 aromatic rings. The van der Waals surface area contributed by atoms with Gasteiger partial charge in [-0.05, 0) is 25.5 Å². The smallest absolute Gasteiger partial charge is 0.129 e. The molecule has 0 aromatic carbocycles. The lowest BCUT2D eigenvalue weighted by Crippen LogP contribution is -2.21. The van der Waals surface area contributed by atoms with E-state index in [9.17, 15) is 0 Å². The van der Waals surface area contributed by atoms with Crippen LogP contribution in [0.4, 0.5) is 0 Å². The van der Waals surface area contributed by atoms with Crippen LogP contribution in [0.25, 0.3) is 0 Å². The van der Waals surface area contributed by atoms with Crippen molar-refractivity contribution >= 4 is 0 Å². The molecule has 1 N–H and O–H groups in total. The molecule has 0 bridgehead atoms. The van der Waals surface area contributed by atoms with Gasteiger partial charge < -0.3 is 14.5 Å². The molecule has 0 radical (unpaired) electrons. The van der Waals surface area contributed by atoms with Crippen LogP contribution in [0.3, 0.4) is 0 Å². The summed E-state index contributed by atoms with van der Waals surface area (Å²) in [5.74, 6) is 1.84. The normalized spacial score (nSPS) is 11.1. The number of hydrogen-bond donors (Lipinski definition) is 1. The maximum Gasteiger partial charge on any atom is 0.129 e. The van der Waals surface area contributed by atoms with Gasteiger partial charge in [0.25, 0.3) is 0 Å². The number of furan rings is 1. The second-order valence-corrected chi connectivity index (χ2v) is 4.66. The molecule has 17 heavy (non-hydrogen) atoms. The molecule has 0 spiro atoms. The molecule has 0 aliphatic heterocycles. The molecule has 3 nitrogen and oxygen atoms in total. The minimum absolute atomic E-state index is 0.468. The van der Waals surface area contributed by atoms with Crippen LogP contribution in [0.2, 0.25) is 0 Å². The lowest BCUT2D eigenvalue weighted by atomic mass is 10.3. The molecule has 0 aliphatic carbocycles. The summed E-state index contributed by atoms with van der Waals surface area (Å²) in [4.78, 5) is 0. The van der Waals surface area contributed by atoms with Crippen molar-refractivity contribution in [3.8, 4) is 0 Å². The van der Waals surface area contributed by atoms with E-state index in [2.05, 4.69) is 25.7 Å². The highest BCUT2D eigenvalue weighted by Gasteiger charge is 2.02. The molecule has 0 aliphatic rings. The zero-order valence-electron chi connectivity index (χ0n) is 11.1. The molecular formula is C14H23NO2. The summed E-state index contributed by atoms with van der Waals surface area (Å²) in [6.45, 7) is 12.1. The van der Waals surface area contributed by atoms with Crippen molar-refractivity contribution in [2.45, 2.75) is 46.4 Å². The molecule has 0 saturated heterocycles. The molecule has 1 heterocycles. The van der Waals surface area contributed by atoms with Gasteiger partial charge in [-0.1, -0.05) is 19.4 Å². The summed E-state index contributed by atoms with van der Waals surface area (Å²) >= 11 is 0. The van der Waals surface area contributed by atoms with Crippen molar-refractivity contribution in [2.75, 3.05) is 6.61 Å². The summed E-state index contributed by atoms with van der Waals surface area (Å²) in [7, 11) is 0. The van der Waals surface area contributed by atoms with E-state index in [0.717, 1.165) is 30.1 Å². The Hall–Kier alpha value is -1.06. The Bertz CT molecular complexity index is 342. The largest absolute Gasteiger partial charge is 0.462 e. The average molecular weight is 237 g/mol. The first-order valence-corrected chi connectivity index (χ1v) is 6.11. The van der Waals surface area contributed by atoms with E-state index >= 15 is 0 Å². The molecule has 1 aromatic heterocycles. The molecule has 3 heteroatoms. The molecule has 0 unspecified atom stereocenters. The van der Waals surface area contributed by atoms with Gasteiger partial charge in [-0.25, -0.2) is 0 Å². The van der Waals surface area contributed by atoms with Crippen LogP contribution in [0.5, 0.6) is 0 Å². The van der Waals surface area contributed by atoms with Crippen LogP contribution < -0.4 is 5.32 Å². The third-order valence-corrected chi connectivity index (χ3v) is 2.32. The van der Waals surface area contributed by atoms with Crippen LogP contribution in [0, 0.1) is 0 Å². The van der Waals surface area contributed by atoms with Gasteiger partial charge in [0.05, 0.1) is 13.2 Å². The topological polar surface area (TPSA) is 34.4 Å². The van der Waals surface area contributed by atoms with E-state index in [4.69, 9.17) is 9.15 Å². The Labute approximate surface area is 104 Å². The van der Waals surface area contributed by atoms with Crippen LogP contribution in [-0.4, -0.2) is 12.6 Å². The summed E-state index contributed by atoms with van der Waals surface area (Å²) < 4.78 is 11.1. The van der Waals surface area contributed by atoms with Crippen molar-refractivity contribution < 1.29 is 9.15 Å². The average Bonchev–Trinajstić information content (AvgIpc) is 2.69. The van der Waals surface area contributed by atoms with E-state index in [-0.39, 0.29) is 0 Å². The van der Waals surface area contributed by atoms with E-state index in [1.807, 2.05) is 19.1 Å². The van der Waals surface area contributed by atoms with E-state index < -0.39 is 0 Å². The van der Waals surface area contributed by atoms with Gasteiger partial charge in [-0.15, -0.1) is 6.58 Å². The van der Waals surface area contributed by atoms with E-state index in [1.165, 1.54) is 0 Å². The van der Waals surface area contributed by atoms with Gasteiger partial charge in [-0.3, -0.25) is 0 Å². The maximum atomic E-state index is 5.63. The monoisotopic (exact) mass is 237 g/mol. The summed E-state index contributed by atoms with van der Waals surface area (Å²) in [5, 5.41) is 3.31. The van der Waals surface area contributed by atoms with Crippen molar-refractivity contribution in [3.63, 3.8) is 0 Å². The molecule has 0 amide bonds. The molecule has 0 fully saturated rings. The number of hydrogen-bond acceptors (Lipinski definition) is 3. The first-order valence-electron chi connectivity index (χ1n) is 6.11. The predicted octanol–water partition coefficient (Wildman–Crippen LogP) is 3.26. The highest BCUT2D eigenvalue weighted by molar-refractivity contribution is 5.06. The van der Waals surface area contributed by atoms with Gasteiger partial charge in [-0.2, -0.15) is 0 Å². The van der Waals surface area contributed by atoms with Crippen molar-refractivity contribution in [1.29, 1.82) is 0 Å². The lowest BCUT2D eigenvalue weighted by Gasteiger charge is -2.05. The summed E-state index contributed by atoms with van der Waals surface area (Å²) in [5.41, 5.74) is 1.14. The third-order valence-electron chi connectivity index (χ3n) is 2.32. The van der Waals surface area contributed by atoms with Crippen LogP contribution in [-0.2, 0) is 17.9 Å². The van der Waals surface area contributed by atoms with Crippen molar-refractivity contribution in [1.82, 2.24) is 5.32 Å². The van der Waals surface area contributed by atoms with Crippen LogP contribution in [0.15, 0.2) is 28.7 Å². The Morgan fingerprint density at radius 1 is 1.41 bits per heavy atom. The Balaban J connectivity index is 2.23. The second kappa shape index (κ2) is 7.30. The predicted molar refractivity (Wildman–Crippen MR) is 69.8 cm³/mol. The van der Waals surface area contributed by atoms with Gasteiger partial charge >= 0.3 is 0 Å². The van der Waals surface area contributed by atoms with E-state index in [1.54, 1.807) is 0 Å². The highest BCUT2D eigenvalue weighted by Crippen LogP contribution is 2.09. The van der Waals surface area contributed by atoms with Crippen LogP contribution in [0.1, 0.15) is 38.7 Å². The molecular weight excluding hydrogens is 214 g/mol.